The van der Waals surface area contributed by atoms with Gasteiger partial charge in [-0.1, -0.05) is 0 Å². The molecule has 0 N–H and O–H groups in total. The molecular formula is C12H14ClF2NO2S. The second-order valence-electron chi connectivity index (χ2n) is 4.71. The third-order valence-electron chi connectivity index (χ3n) is 3.34. The maximum absolute atomic E-state index is 13.9. The van der Waals surface area contributed by atoms with Crippen LogP contribution in [0.3, 0.4) is 0 Å². The van der Waals surface area contributed by atoms with E-state index in [1.807, 2.05) is 0 Å². The summed E-state index contributed by atoms with van der Waals surface area (Å²) in [6.45, 7) is 0. The predicted molar refractivity (Wildman–Crippen MR) is 71.4 cm³/mol. The smallest absolute Gasteiger partial charge is 0.152 e. The number of anilines is 1. The van der Waals surface area contributed by atoms with Gasteiger partial charge in [-0.05, 0) is 24.1 Å². The van der Waals surface area contributed by atoms with Crippen LogP contribution in [-0.2, 0) is 15.7 Å². The van der Waals surface area contributed by atoms with E-state index in [9.17, 15) is 17.2 Å². The summed E-state index contributed by atoms with van der Waals surface area (Å²) in [6, 6.07) is 1.95. The van der Waals surface area contributed by atoms with Gasteiger partial charge in [-0.3, -0.25) is 0 Å². The molecular weight excluding hydrogens is 296 g/mol. The maximum atomic E-state index is 13.9. The van der Waals surface area contributed by atoms with Gasteiger partial charge in [0.1, 0.15) is 17.3 Å². The van der Waals surface area contributed by atoms with E-state index in [1.54, 1.807) is 0 Å². The molecule has 106 valence electrons. The molecule has 1 aromatic carbocycles. The van der Waals surface area contributed by atoms with E-state index in [-0.39, 0.29) is 23.1 Å². The van der Waals surface area contributed by atoms with Crippen LogP contribution in [0.1, 0.15) is 12.0 Å². The second kappa shape index (κ2) is 5.25. The molecule has 0 bridgehead atoms. The molecule has 1 fully saturated rings. The molecule has 0 spiro atoms. The lowest BCUT2D eigenvalue weighted by Crippen LogP contribution is -2.34. The van der Waals surface area contributed by atoms with Crippen LogP contribution in [0, 0.1) is 11.6 Å². The minimum absolute atomic E-state index is 0.0235. The van der Waals surface area contributed by atoms with Gasteiger partial charge in [0.15, 0.2) is 9.84 Å². The van der Waals surface area contributed by atoms with Crippen molar-refractivity contribution < 1.29 is 17.2 Å². The maximum Gasteiger partial charge on any atom is 0.152 e. The molecule has 1 aromatic rings. The number of hydrogen-bond donors (Lipinski definition) is 0. The van der Waals surface area contributed by atoms with Gasteiger partial charge in [0.25, 0.3) is 0 Å². The number of nitrogens with zero attached hydrogens (tertiary/aromatic N) is 1. The zero-order valence-electron chi connectivity index (χ0n) is 10.4. The Morgan fingerprint density at radius 2 is 1.95 bits per heavy atom. The summed E-state index contributed by atoms with van der Waals surface area (Å²) in [4.78, 5) is 1.37. The Kier molecular flexibility index (Phi) is 4.01. The molecule has 0 aromatic heterocycles. The Morgan fingerprint density at radius 1 is 1.37 bits per heavy atom. The molecule has 0 radical (unpaired) electrons. The summed E-state index contributed by atoms with van der Waals surface area (Å²) in [5.74, 6) is -1.43. The van der Waals surface area contributed by atoms with E-state index in [1.165, 1.54) is 24.1 Å². The van der Waals surface area contributed by atoms with E-state index < -0.39 is 27.5 Å². The van der Waals surface area contributed by atoms with Gasteiger partial charge >= 0.3 is 0 Å². The number of halogens is 3. The predicted octanol–water partition coefficient (Wildman–Crippen LogP) is 2.33. The van der Waals surface area contributed by atoms with Crippen LogP contribution in [0.25, 0.3) is 0 Å². The van der Waals surface area contributed by atoms with Gasteiger partial charge in [0.2, 0.25) is 0 Å². The topological polar surface area (TPSA) is 37.4 Å². The third-order valence-corrected chi connectivity index (χ3v) is 5.40. The number of alkyl halides is 1. The van der Waals surface area contributed by atoms with E-state index in [0.29, 0.717) is 12.0 Å². The highest BCUT2D eigenvalue weighted by molar-refractivity contribution is 7.91. The Bertz CT molecular complexity index is 568. The minimum Gasteiger partial charge on any atom is -0.366 e. The normalized spacial score (nSPS) is 21.6. The first-order chi connectivity index (χ1) is 8.84. The molecule has 1 heterocycles. The Labute approximate surface area is 116 Å². The van der Waals surface area contributed by atoms with Crippen molar-refractivity contribution in [2.75, 3.05) is 23.5 Å². The van der Waals surface area contributed by atoms with Gasteiger partial charge in [-0.15, -0.1) is 11.6 Å². The summed E-state index contributed by atoms with van der Waals surface area (Å²) in [6.07, 6.45) is 0.384. The van der Waals surface area contributed by atoms with Crippen molar-refractivity contribution in [2.45, 2.75) is 18.3 Å². The van der Waals surface area contributed by atoms with Crippen molar-refractivity contribution >= 4 is 27.1 Å². The highest BCUT2D eigenvalue weighted by atomic mass is 35.5. The molecule has 1 unspecified atom stereocenters. The fourth-order valence-corrected chi connectivity index (χ4v) is 4.22. The van der Waals surface area contributed by atoms with Crippen molar-refractivity contribution in [3.63, 3.8) is 0 Å². The van der Waals surface area contributed by atoms with Gasteiger partial charge < -0.3 is 4.90 Å². The van der Waals surface area contributed by atoms with Crippen LogP contribution < -0.4 is 4.90 Å². The Hall–Kier alpha value is -0.880. The number of benzene rings is 1. The highest BCUT2D eigenvalue weighted by Crippen LogP contribution is 2.29. The zero-order chi connectivity index (χ0) is 14.2. The van der Waals surface area contributed by atoms with Crippen molar-refractivity contribution in [1.29, 1.82) is 0 Å². The average Bonchev–Trinajstić information content (AvgIpc) is 2.68. The van der Waals surface area contributed by atoms with E-state index in [2.05, 4.69) is 0 Å². The van der Waals surface area contributed by atoms with Crippen LogP contribution in [0.2, 0.25) is 0 Å². The van der Waals surface area contributed by atoms with E-state index in [0.717, 1.165) is 0 Å². The van der Waals surface area contributed by atoms with Crippen LogP contribution in [0.15, 0.2) is 12.1 Å². The molecule has 7 heteroatoms. The second-order valence-corrected chi connectivity index (χ2v) is 7.21. The lowest BCUT2D eigenvalue weighted by molar-refractivity contribution is 0.559. The fourth-order valence-electron chi connectivity index (χ4n) is 2.30. The zero-order valence-corrected chi connectivity index (χ0v) is 11.9. The van der Waals surface area contributed by atoms with Crippen molar-refractivity contribution in [3.05, 3.63) is 29.3 Å². The average molecular weight is 310 g/mol. The fraction of sp³-hybridized carbons (Fsp3) is 0.500. The summed E-state index contributed by atoms with van der Waals surface area (Å²) < 4.78 is 50.6. The number of hydrogen-bond acceptors (Lipinski definition) is 3. The van der Waals surface area contributed by atoms with Crippen LogP contribution in [0.4, 0.5) is 14.5 Å². The van der Waals surface area contributed by atoms with Crippen molar-refractivity contribution in [3.8, 4) is 0 Å². The molecule has 0 saturated carbocycles. The molecule has 1 aliphatic rings. The summed E-state index contributed by atoms with van der Waals surface area (Å²) in [7, 11) is -1.59. The minimum atomic E-state index is -3.09. The number of rotatable bonds is 3. The molecule has 1 saturated heterocycles. The molecule has 1 atom stereocenters. The monoisotopic (exact) mass is 309 g/mol. The van der Waals surface area contributed by atoms with Crippen molar-refractivity contribution in [1.82, 2.24) is 0 Å². The van der Waals surface area contributed by atoms with Crippen LogP contribution >= 0.6 is 11.6 Å². The third kappa shape index (κ3) is 3.00. The first kappa shape index (κ1) is 14.5. The molecule has 1 aliphatic heterocycles. The van der Waals surface area contributed by atoms with Crippen molar-refractivity contribution in [2.24, 2.45) is 0 Å². The standard InChI is InChI=1S/C12H14ClF2NO2S/c1-16(9-2-3-19(17,18)7-9)12-10(14)4-8(6-13)5-11(12)15/h4-5,9H,2-3,6-7H2,1H3. The summed E-state index contributed by atoms with van der Waals surface area (Å²) in [5, 5.41) is 0. The quantitative estimate of drug-likeness (QED) is 0.804. The van der Waals surface area contributed by atoms with E-state index in [4.69, 9.17) is 11.6 Å². The Morgan fingerprint density at radius 3 is 2.37 bits per heavy atom. The first-order valence-electron chi connectivity index (χ1n) is 5.81. The van der Waals surface area contributed by atoms with Gasteiger partial charge in [-0.25, -0.2) is 17.2 Å². The highest BCUT2D eigenvalue weighted by Gasteiger charge is 2.32. The van der Waals surface area contributed by atoms with Gasteiger partial charge in [-0.2, -0.15) is 0 Å². The van der Waals surface area contributed by atoms with Gasteiger partial charge in [0, 0.05) is 19.0 Å². The Balaban J connectivity index is 2.32. The molecule has 3 nitrogen and oxygen atoms in total. The van der Waals surface area contributed by atoms with E-state index >= 15 is 0 Å². The summed E-state index contributed by atoms with van der Waals surface area (Å²) >= 11 is 5.54. The lowest BCUT2D eigenvalue weighted by atomic mass is 10.1. The van der Waals surface area contributed by atoms with Crippen LogP contribution in [-0.4, -0.2) is 33.0 Å². The number of sulfone groups is 1. The molecule has 19 heavy (non-hydrogen) atoms. The first-order valence-corrected chi connectivity index (χ1v) is 8.17. The largest absolute Gasteiger partial charge is 0.366 e. The summed E-state index contributed by atoms with van der Waals surface area (Å²) in [5.41, 5.74) is 0.156. The molecule has 2 rings (SSSR count). The van der Waals surface area contributed by atoms with Gasteiger partial charge in [0.05, 0.1) is 11.5 Å². The molecule has 0 aliphatic carbocycles. The lowest BCUT2D eigenvalue weighted by Gasteiger charge is -2.26. The molecule has 0 amide bonds. The SMILES string of the molecule is CN(c1c(F)cc(CCl)cc1F)C1CCS(=O)(=O)C1. The van der Waals surface area contributed by atoms with Crippen LogP contribution in [0.5, 0.6) is 0 Å².